The Morgan fingerprint density at radius 1 is 1.16 bits per heavy atom. The summed E-state index contributed by atoms with van der Waals surface area (Å²) in [6.07, 6.45) is 6.38. The lowest BCUT2D eigenvalue weighted by Crippen LogP contribution is -2.31. The molecule has 1 aliphatic carbocycles. The summed E-state index contributed by atoms with van der Waals surface area (Å²) in [5.41, 5.74) is 1.19. The molecule has 0 radical (unpaired) electrons. The van der Waals surface area contributed by atoms with E-state index in [4.69, 9.17) is 0 Å². The molecule has 106 valence electrons. The van der Waals surface area contributed by atoms with E-state index < -0.39 is 0 Å². The second kappa shape index (κ2) is 6.22. The smallest absolute Gasteiger partial charge is 0.134 e. The minimum atomic E-state index is 0.552. The molecule has 1 saturated carbocycles. The highest BCUT2D eigenvalue weighted by molar-refractivity contribution is 5.57. The molecule has 1 aromatic heterocycles. The van der Waals surface area contributed by atoms with Crippen molar-refractivity contribution in [2.45, 2.75) is 52.5 Å². The molecule has 3 atom stereocenters. The van der Waals surface area contributed by atoms with Gasteiger partial charge in [-0.15, -0.1) is 0 Å². The Bertz CT molecular complexity index is 419. The van der Waals surface area contributed by atoms with Crippen LogP contribution in [0.1, 0.15) is 45.6 Å². The fourth-order valence-electron chi connectivity index (χ4n) is 2.96. The molecule has 2 rings (SSSR count). The molecule has 1 heterocycles. The normalized spacial score (nSPS) is 27.1. The summed E-state index contributed by atoms with van der Waals surface area (Å²) in [5, 5.41) is 6.78. The van der Waals surface area contributed by atoms with Crippen LogP contribution in [-0.2, 0) is 6.42 Å². The lowest BCUT2D eigenvalue weighted by Gasteiger charge is -2.33. The first kappa shape index (κ1) is 14.1. The highest BCUT2D eigenvalue weighted by atomic mass is 15.1. The van der Waals surface area contributed by atoms with Gasteiger partial charge in [0.25, 0.3) is 0 Å². The summed E-state index contributed by atoms with van der Waals surface area (Å²) in [4.78, 5) is 8.72. The van der Waals surface area contributed by atoms with Gasteiger partial charge in [-0.2, -0.15) is 0 Å². The number of nitrogens with zero attached hydrogens (tertiary/aromatic N) is 2. The van der Waals surface area contributed by atoms with Crippen molar-refractivity contribution in [2.24, 2.45) is 11.8 Å². The molecular formula is C15H26N4. The first-order chi connectivity index (χ1) is 9.15. The van der Waals surface area contributed by atoms with Crippen LogP contribution in [-0.4, -0.2) is 23.1 Å². The van der Waals surface area contributed by atoms with Crippen molar-refractivity contribution in [2.75, 3.05) is 17.7 Å². The standard InChI is InChI=1S/C15H26N4/c1-5-13-14(16-4)17-9-18-15(13)19-12-7-6-10(2)11(3)8-12/h9-12H,5-8H2,1-4H3,(H2,16,17,18,19). The van der Waals surface area contributed by atoms with E-state index in [0.717, 1.165) is 29.9 Å². The van der Waals surface area contributed by atoms with Crippen molar-refractivity contribution in [1.29, 1.82) is 0 Å². The molecule has 19 heavy (non-hydrogen) atoms. The highest BCUT2D eigenvalue weighted by Gasteiger charge is 2.25. The van der Waals surface area contributed by atoms with Gasteiger partial charge in [0.05, 0.1) is 0 Å². The largest absolute Gasteiger partial charge is 0.373 e. The summed E-state index contributed by atoms with van der Waals surface area (Å²) in [5.74, 6) is 3.59. The number of anilines is 2. The van der Waals surface area contributed by atoms with E-state index in [1.807, 2.05) is 7.05 Å². The first-order valence-electron chi connectivity index (χ1n) is 7.43. The van der Waals surface area contributed by atoms with E-state index in [2.05, 4.69) is 41.4 Å². The molecule has 0 amide bonds. The van der Waals surface area contributed by atoms with Crippen LogP contribution < -0.4 is 10.6 Å². The molecule has 0 aromatic carbocycles. The van der Waals surface area contributed by atoms with E-state index in [9.17, 15) is 0 Å². The Labute approximate surface area is 116 Å². The second-order valence-corrected chi connectivity index (χ2v) is 5.76. The molecule has 1 aliphatic rings. The van der Waals surface area contributed by atoms with E-state index in [-0.39, 0.29) is 0 Å². The van der Waals surface area contributed by atoms with Crippen molar-refractivity contribution in [3.05, 3.63) is 11.9 Å². The minimum absolute atomic E-state index is 0.552. The Balaban J connectivity index is 2.11. The zero-order chi connectivity index (χ0) is 13.8. The van der Waals surface area contributed by atoms with Crippen LogP contribution in [0.2, 0.25) is 0 Å². The molecule has 3 unspecified atom stereocenters. The Hall–Kier alpha value is -1.32. The maximum atomic E-state index is 4.43. The van der Waals surface area contributed by atoms with Gasteiger partial charge in [0.2, 0.25) is 0 Å². The summed E-state index contributed by atoms with van der Waals surface area (Å²) in [6.45, 7) is 6.87. The zero-order valence-electron chi connectivity index (χ0n) is 12.5. The fourth-order valence-corrected chi connectivity index (χ4v) is 2.96. The van der Waals surface area contributed by atoms with Gasteiger partial charge in [0.15, 0.2) is 0 Å². The minimum Gasteiger partial charge on any atom is -0.373 e. The average molecular weight is 262 g/mol. The molecule has 4 heteroatoms. The van der Waals surface area contributed by atoms with Gasteiger partial charge < -0.3 is 10.6 Å². The van der Waals surface area contributed by atoms with Crippen molar-refractivity contribution >= 4 is 11.6 Å². The maximum Gasteiger partial charge on any atom is 0.134 e. The molecule has 4 nitrogen and oxygen atoms in total. The van der Waals surface area contributed by atoms with Gasteiger partial charge in [0.1, 0.15) is 18.0 Å². The summed E-state index contributed by atoms with van der Waals surface area (Å²) < 4.78 is 0. The molecule has 2 N–H and O–H groups in total. The van der Waals surface area contributed by atoms with Crippen LogP contribution in [0.25, 0.3) is 0 Å². The molecule has 0 aliphatic heterocycles. The van der Waals surface area contributed by atoms with Gasteiger partial charge >= 0.3 is 0 Å². The zero-order valence-corrected chi connectivity index (χ0v) is 12.5. The number of aromatic nitrogens is 2. The van der Waals surface area contributed by atoms with Gasteiger partial charge in [-0.25, -0.2) is 9.97 Å². The van der Waals surface area contributed by atoms with Crippen LogP contribution in [0, 0.1) is 11.8 Å². The van der Waals surface area contributed by atoms with E-state index >= 15 is 0 Å². The van der Waals surface area contributed by atoms with Crippen LogP contribution >= 0.6 is 0 Å². The third-order valence-corrected chi connectivity index (χ3v) is 4.47. The van der Waals surface area contributed by atoms with Crippen molar-refractivity contribution in [3.8, 4) is 0 Å². The Morgan fingerprint density at radius 3 is 2.53 bits per heavy atom. The maximum absolute atomic E-state index is 4.43. The number of rotatable bonds is 4. The summed E-state index contributed by atoms with van der Waals surface area (Å²) in [6, 6.07) is 0.552. The lowest BCUT2D eigenvalue weighted by atomic mass is 9.79. The third-order valence-electron chi connectivity index (χ3n) is 4.47. The third kappa shape index (κ3) is 3.17. The van der Waals surface area contributed by atoms with Gasteiger partial charge in [-0.3, -0.25) is 0 Å². The summed E-state index contributed by atoms with van der Waals surface area (Å²) in [7, 11) is 1.91. The summed E-state index contributed by atoms with van der Waals surface area (Å²) >= 11 is 0. The predicted octanol–water partition coefficient (Wildman–Crippen LogP) is 3.32. The molecular weight excluding hydrogens is 236 g/mol. The predicted molar refractivity (Wildman–Crippen MR) is 80.5 cm³/mol. The first-order valence-corrected chi connectivity index (χ1v) is 7.43. The average Bonchev–Trinajstić information content (AvgIpc) is 2.42. The van der Waals surface area contributed by atoms with Gasteiger partial charge in [0, 0.05) is 18.7 Å². The van der Waals surface area contributed by atoms with E-state index in [1.54, 1.807) is 6.33 Å². The van der Waals surface area contributed by atoms with Crippen molar-refractivity contribution in [3.63, 3.8) is 0 Å². The van der Waals surface area contributed by atoms with Crippen LogP contribution in [0.4, 0.5) is 11.6 Å². The highest BCUT2D eigenvalue weighted by Crippen LogP contribution is 2.31. The van der Waals surface area contributed by atoms with Crippen LogP contribution in [0.15, 0.2) is 6.33 Å². The van der Waals surface area contributed by atoms with E-state index in [1.165, 1.54) is 24.8 Å². The van der Waals surface area contributed by atoms with Gasteiger partial charge in [-0.1, -0.05) is 20.8 Å². The quantitative estimate of drug-likeness (QED) is 0.874. The number of hydrogen-bond acceptors (Lipinski definition) is 4. The molecule has 0 saturated heterocycles. The topological polar surface area (TPSA) is 49.8 Å². The number of nitrogens with one attached hydrogen (secondary N) is 2. The molecule has 1 fully saturated rings. The fraction of sp³-hybridized carbons (Fsp3) is 0.733. The molecule has 0 spiro atoms. The van der Waals surface area contributed by atoms with Crippen LogP contribution in [0.3, 0.4) is 0 Å². The second-order valence-electron chi connectivity index (χ2n) is 5.76. The number of hydrogen-bond donors (Lipinski definition) is 2. The molecule has 1 aromatic rings. The monoisotopic (exact) mass is 262 g/mol. The van der Waals surface area contributed by atoms with Gasteiger partial charge in [-0.05, 0) is 37.5 Å². The molecule has 0 bridgehead atoms. The Morgan fingerprint density at radius 2 is 1.89 bits per heavy atom. The van der Waals surface area contributed by atoms with E-state index in [0.29, 0.717) is 6.04 Å². The van der Waals surface area contributed by atoms with Crippen LogP contribution in [0.5, 0.6) is 0 Å². The van der Waals surface area contributed by atoms with Crippen molar-refractivity contribution in [1.82, 2.24) is 9.97 Å². The van der Waals surface area contributed by atoms with Crippen molar-refractivity contribution < 1.29 is 0 Å². The Kier molecular flexibility index (Phi) is 4.61. The lowest BCUT2D eigenvalue weighted by molar-refractivity contribution is 0.260. The SMILES string of the molecule is CCc1c(NC)ncnc1NC1CCC(C)C(C)C1.